The van der Waals surface area contributed by atoms with Crippen LogP contribution in [0.25, 0.3) is 0 Å². The molecule has 1 radical (unpaired) electrons. The predicted molar refractivity (Wildman–Crippen MR) is 41.8 cm³/mol. The van der Waals surface area contributed by atoms with Gasteiger partial charge in [0.05, 0.1) is 19.8 Å². The maximum absolute atomic E-state index is 5.14. The van der Waals surface area contributed by atoms with Crippen LogP contribution in [0.1, 0.15) is 20.8 Å². The predicted octanol–water partition coefficient (Wildman–Crippen LogP) is 2.32. The van der Waals surface area contributed by atoms with Crippen molar-refractivity contribution in [1.82, 2.24) is 0 Å². The molecule has 0 saturated heterocycles. The van der Waals surface area contributed by atoms with Crippen LogP contribution in [0.3, 0.4) is 0 Å². The molecule has 0 aliphatic rings. The summed E-state index contributed by atoms with van der Waals surface area (Å²) in [6, 6.07) is 0. The normalized spacial score (nSPS) is 9.82. The zero-order valence-electron chi connectivity index (χ0n) is 7.09. The Hall–Kier alpha value is 0.829. The van der Waals surface area contributed by atoms with Crippen LogP contribution in [0, 0.1) is 0 Å². The van der Waals surface area contributed by atoms with Crippen LogP contribution in [0.15, 0.2) is 0 Å². The Kier molecular flexibility index (Phi) is 14.1. The van der Waals surface area contributed by atoms with Crippen molar-refractivity contribution < 1.29 is 30.6 Å². The first-order valence-corrected chi connectivity index (χ1v) is 4.63. The third kappa shape index (κ3) is 8.74. The van der Waals surface area contributed by atoms with E-state index < -0.39 is 8.60 Å². The van der Waals surface area contributed by atoms with E-state index in [-0.39, 0.29) is 17.1 Å². The summed E-state index contributed by atoms with van der Waals surface area (Å²) in [5.41, 5.74) is 0. The molecule has 11 heavy (non-hydrogen) atoms. The first kappa shape index (κ1) is 14.4. The van der Waals surface area contributed by atoms with Gasteiger partial charge in [0, 0.05) is 17.1 Å². The van der Waals surface area contributed by atoms with Crippen LogP contribution >= 0.6 is 8.60 Å². The topological polar surface area (TPSA) is 27.7 Å². The molecule has 0 fully saturated rings. The van der Waals surface area contributed by atoms with E-state index >= 15 is 0 Å². The molecule has 0 aliphatic heterocycles. The second-order valence-electron chi connectivity index (χ2n) is 1.48. The first-order valence-electron chi connectivity index (χ1n) is 3.54. The van der Waals surface area contributed by atoms with Gasteiger partial charge in [0.2, 0.25) is 0 Å². The molecule has 0 spiro atoms. The minimum Gasteiger partial charge on any atom is -0.313 e. The summed E-state index contributed by atoms with van der Waals surface area (Å²) in [4.78, 5) is 0. The van der Waals surface area contributed by atoms with Crippen LogP contribution in [0.4, 0.5) is 0 Å². The molecule has 0 aromatic rings. The van der Waals surface area contributed by atoms with Crippen LogP contribution in [0.5, 0.6) is 0 Å². The molecule has 5 heteroatoms. The van der Waals surface area contributed by atoms with Crippen molar-refractivity contribution in [2.75, 3.05) is 19.8 Å². The molecule has 0 heterocycles. The summed E-state index contributed by atoms with van der Waals surface area (Å²) in [7, 11) is -1.06. The third-order valence-corrected chi connectivity index (χ3v) is 2.11. The number of hydrogen-bond acceptors (Lipinski definition) is 3. The van der Waals surface area contributed by atoms with Gasteiger partial charge in [0.25, 0.3) is 0 Å². The average molecular weight is 230 g/mol. The van der Waals surface area contributed by atoms with Crippen molar-refractivity contribution >= 4 is 8.60 Å². The van der Waals surface area contributed by atoms with Gasteiger partial charge in [-0.15, -0.1) is 0 Å². The quantitative estimate of drug-likeness (QED) is 0.517. The first-order chi connectivity index (χ1) is 4.85. The fourth-order valence-corrected chi connectivity index (χ4v) is 1.28. The Morgan fingerprint density at radius 3 is 1.27 bits per heavy atom. The smallest absolute Gasteiger partial charge is 0.313 e. The second-order valence-corrected chi connectivity index (χ2v) is 2.70. The summed E-state index contributed by atoms with van der Waals surface area (Å²) in [5, 5.41) is 0. The van der Waals surface area contributed by atoms with Crippen molar-refractivity contribution in [2.24, 2.45) is 0 Å². The largest absolute Gasteiger partial charge is 0.332 e. The molecular formula is C6H15CuO3P. The zero-order chi connectivity index (χ0) is 7.82. The number of hydrogen-bond donors (Lipinski definition) is 0. The monoisotopic (exact) mass is 229 g/mol. The van der Waals surface area contributed by atoms with E-state index in [2.05, 4.69) is 0 Å². The van der Waals surface area contributed by atoms with Crippen molar-refractivity contribution in [2.45, 2.75) is 20.8 Å². The van der Waals surface area contributed by atoms with Gasteiger partial charge in [0.15, 0.2) is 0 Å². The van der Waals surface area contributed by atoms with Gasteiger partial charge in [-0.1, -0.05) is 0 Å². The molecule has 0 aromatic carbocycles. The van der Waals surface area contributed by atoms with Gasteiger partial charge < -0.3 is 13.6 Å². The van der Waals surface area contributed by atoms with E-state index in [1.165, 1.54) is 0 Å². The van der Waals surface area contributed by atoms with Gasteiger partial charge in [-0.25, -0.2) is 0 Å². The van der Waals surface area contributed by atoms with Crippen LogP contribution in [0.2, 0.25) is 0 Å². The summed E-state index contributed by atoms with van der Waals surface area (Å²) >= 11 is 0. The Labute approximate surface area is 80.3 Å². The van der Waals surface area contributed by atoms with Crippen LogP contribution < -0.4 is 0 Å². The van der Waals surface area contributed by atoms with Gasteiger partial charge in [0.1, 0.15) is 0 Å². The third-order valence-electron chi connectivity index (χ3n) is 0.704. The van der Waals surface area contributed by atoms with E-state index in [1.807, 2.05) is 20.8 Å². The van der Waals surface area contributed by atoms with Crippen molar-refractivity contribution in [3.8, 4) is 0 Å². The van der Waals surface area contributed by atoms with E-state index in [0.717, 1.165) is 0 Å². The summed E-state index contributed by atoms with van der Waals surface area (Å²) in [6.45, 7) is 7.71. The minimum atomic E-state index is -1.06. The summed E-state index contributed by atoms with van der Waals surface area (Å²) in [6.07, 6.45) is 0. The molecule has 0 bridgehead atoms. The molecule has 0 aromatic heterocycles. The Morgan fingerprint density at radius 2 is 1.09 bits per heavy atom. The molecule has 0 unspecified atom stereocenters. The minimum absolute atomic E-state index is 0. The van der Waals surface area contributed by atoms with Gasteiger partial charge in [-0.05, 0) is 20.8 Å². The Balaban J connectivity index is 0. The van der Waals surface area contributed by atoms with E-state index in [0.29, 0.717) is 19.8 Å². The van der Waals surface area contributed by atoms with Gasteiger partial charge in [-0.3, -0.25) is 0 Å². The van der Waals surface area contributed by atoms with Crippen molar-refractivity contribution in [3.05, 3.63) is 0 Å². The Bertz CT molecular complexity index is 60.6. The van der Waals surface area contributed by atoms with E-state index in [1.54, 1.807) is 0 Å². The second kappa shape index (κ2) is 10.8. The fourth-order valence-electron chi connectivity index (χ4n) is 0.428. The zero-order valence-corrected chi connectivity index (χ0v) is 8.93. The van der Waals surface area contributed by atoms with Crippen molar-refractivity contribution in [3.63, 3.8) is 0 Å². The molecule has 0 rings (SSSR count). The Morgan fingerprint density at radius 1 is 0.818 bits per heavy atom. The van der Waals surface area contributed by atoms with Crippen LogP contribution in [-0.4, -0.2) is 19.8 Å². The number of rotatable bonds is 6. The molecular weight excluding hydrogens is 215 g/mol. The molecule has 73 valence electrons. The average Bonchev–Trinajstić information content (AvgIpc) is 1.90. The maximum Gasteiger partial charge on any atom is 0.332 e. The van der Waals surface area contributed by atoms with E-state index in [9.17, 15) is 0 Å². The summed E-state index contributed by atoms with van der Waals surface area (Å²) in [5.74, 6) is 0. The molecule has 3 nitrogen and oxygen atoms in total. The van der Waals surface area contributed by atoms with Gasteiger partial charge in [-0.2, -0.15) is 0 Å². The summed E-state index contributed by atoms with van der Waals surface area (Å²) < 4.78 is 15.4. The molecule has 0 N–H and O–H groups in total. The molecule has 0 amide bonds. The molecule has 0 aliphatic carbocycles. The standard InChI is InChI=1S/C6H15O3P.Cu/c1-4-7-10(8-5-2)9-6-3;/h4-6H2,1-3H3;. The fraction of sp³-hybridized carbons (Fsp3) is 1.00. The van der Waals surface area contributed by atoms with E-state index in [4.69, 9.17) is 13.6 Å². The van der Waals surface area contributed by atoms with Gasteiger partial charge >= 0.3 is 8.60 Å². The van der Waals surface area contributed by atoms with Crippen molar-refractivity contribution in [1.29, 1.82) is 0 Å². The molecule has 0 saturated carbocycles. The molecule has 0 atom stereocenters. The maximum atomic E-state index is 5.14. The van der Waals surface area contributed by atoms with Crippen LogP contribution in [-0.2, 0) is 30.6 Å². The SMILES string of the molecule is CCOP(OCC)OCC.[Cu].